The number of rotatable bonds is 6. The lowest BCUT2D eigenvalue weighted by Gasteiger charge is -2.39. The van der Waals surface area contributed by atoms with Gasteiger partial charge in [-0.1, -0.05) is 66.7 Å². The van der Waals surface area contributed by atoms with Crippen LogP contribution >= 0.6 is 0 Å². The van der Waals surface area contributed by atoms with Crippen LogP contribution in [0.15, 0.2) is 85.1 Å². The minimum absolute atomic E-state index is 0.383. The molecule has 3 nitrogen and oxygen atoms in total. The third-order valence-electron chi connectivity index (χ3n) is 6.46. The number of hydrogen-bond acceptors (Lipinski definition) is 3. The van der Waals surface area contributed by atoms with Crippen molar-refractivity contribution in [2.75, 3.05) is 13.1 Å². The average Bonchev–Trinajstić information content (AvgIpc) is 3.37. The van der Waals surface area contributed by atoms with Crippen LogP contribution in [0.25, 0.3) is 0 Å². The number of piperidine rings is 1. The Morgan fingerprint density at radius 3 is 2.21 bits per heavy atom. The standard InChI is InChI=1S/C25H27N3/c1-3-9-19(10-4-1)23(20-11-5-2-6-12-20)25-24(21-14-16-28(25)18-21)27-17-22-13-7-8-15-26-22/h1-13,15,21,23-25,27H,14,16-18H2/t21-,24-,25-/m0/s1. The van der Waals surface area contributed by atoms with Crippen LogP contribution < -0.4 is 5.32 Å². The van der Waals surface area contributed by atoms with Gasteiger partial charge in [0.1, 0.15) is 0 Å². The number of hydrogen-bond donors (Lipinski definition) is 1. The van der Waals surface area contributed by atoms with Gasteiger partial charge < -0.3 is 5.32 Å². The number of aromatic nitrogens is 1. The molecule has 2 aliphatic heterocycles. The lowest BCUT2D eigenvalue weighted by Crippen LogP contribution is -2.51. The number of nitrogens with one attached hydrogen (secondary N) is 1. The summed E-state index contributed by atoms with van der Waals surface area (Å²) in [7, 11) is 0. The summed E-state index contributed by atoms with van der Waals surface area (Å²) in [6.45, 7) is 3.26. The van der Waals surface area contributed by atoms with E-state index in [-0.39, 0.29) is 0 Å². The molecule has 142 valence electrons. The van der Waals surface area contributed by atoms with Crippen molar-refractivity contribution in [3.8, 4) is 0 Å². The van der Waals surface area contributed by atoms with Crippen molar-refractivity contribution in [2.24, 2.45) is 5.92 Å². The van der Waals surface area contributed by atoms with Gasteiger partial charge in [0.2, 0.25) is 0 Å². The van der Waals surface area contributed by atoms with Crippen molar-refractivity contribution >= 4 is 0 Å². The van der Waals surface area contributed by atoms with Crippen LogP contribution in [0.2, 0.25) is 0 Å². The molecule has 5 rings (SSSR count). The first kappa shape index (κ1) is 17.6. The second-order valence-electron chi connectivity index (χ2n) is 8.06. The van der Waals surface area contributed by atoms with Crippen molar-refractivity contribution < 1.29 is 0 Å². The highest BCUT2D eigenvalue weighted by atomic mass is 15.3. The summed E-state index contributed by atoms with van der Waals surface area (Å²) < 4.78 is 0. The van der Waals surface area contributed by atoms with Crippen LogP contribution in [0.5, 0.6) is 0 Å². The fraction of sp³-hybridized carbons (Fsp3) is 0.320. The van der Waals surface area contributed by atoms with Gasteiger partial charge in [-0.3, -0.25) is 9.88 Å². The van der Waals surface area contributed by atoms with E-state index in [0.29, 0.717) is 18.0 Å². The molecule has 1 N–H and O–H groups in total. The topological polar surface area (TPSA) is 28.2 Å². The number of fused-ring (bicyclic) bond motifs is 2. The van der Waals surface area contributed by atoms with Gasteiger partial charge in [-0.05, 0) is 42.1 Å². The first-order chi connectivity index (χ1) is 13.9. The summed E-state index contributed by atoms with van der Waals surface area (Å²) in [4.78, 5) is 7.23. The van der Waals surface area contributed by atoms with Gasteiger partial charge in [0.25, 0.3) is 0 Å². The fourth-order valence-corrected chi connectivity index (χ4v) is 5.22. The zero-order valence-electron chi connectivity index (χ0n) is 16.1. The molecule has 0 saturated carbocycles. The Bertz CT molecular complexity index is 842. The highest BCUT2D eigenvalue weighted by Crippen LogP contribution is 2.43. The predicted molar refractivity (Wildman–Crippen MR) is 113 cm³/mol. The van der Waals surface area contributed by atoms with Crippen molar-refractivity contribution in [3.05, 3.63) is 102 Å². The summed E-state index contributed by atoms with van der Waals surface area (Å²) in [6, 6.07) is 29.2. The van der Waals surface area contributed by atoms with Crippen LogP contribution in [0, 0.1) is 5.92 Å². The molecule has 2 aromatic carbocycles. The third-order valence-corrected chi connectivity index (χ3v) is 6.46. The predicted octanol–water partition coefficient (Wildman–Crippen LogP) is 4.08. The molecular formula is C25H27N3. The molecule has 0 radical (unpaired) electrons. The van der Waals surface area contributed by atoms with Crippen molar-refractivity contribution in [3.63, 3.8) is 0 Å². The quantitative estimate of drug-likeness (QED) is 0.710. The molecule has 3 heterocycles. The maximum atomic E-state index is 4.51. The Balaban J connectivity index is 1.47. The lowest BCUT2D eigenvalue weighted by molar-refractivity contribution is 0.197. The molecule has 2 fully saturated rings. The van der Waals surface area contributed by atoms with Gasteiger partial charge >= 0.3 is 0 Å². The van der Waals surface area contributed by atoms with Crippen LogP contribution in [0.1, 0.15) is 29.2 Å². The van der Waals surface area contributed by atoms with Gasteiger partial charge in [-0.25, -0.2) is 0 Å². The molecular weight excluding hydrogens is 342 g/mol. The minimum Gasteiger partial charge on any atom is -0.306 e. The molecule has 2 saturated heterocycles. The van der Waals surface area contributed by atoms with Gasteiger partial charge in [0.15, 0.2) is 0 Å². The monoisotopic (exact) mass is 369 g/mol. The largest absolute Gasteiger partial charge is 0.306 e. The molecule has 0 aliphatic carbocycles. The minimum atomic E-state index is 0.383. The smallest absolute Gasteiger partial charge is 0.0541 e. The van der Waals surface area contributed by atoms with E-state index in [2.05, 4.69) is 88.0 Å². The molecule has 3 heteroatoms. The summed E-state index contributed by atoms with van der Waals surface area (Å²) in [5, 5.41) is 3.90. The molecule has 2 aliphatic rings. The molecule has 0 amide bonds. The summed E-state index contributed by atoms with van der Waals surface area (Å²) >= 11 is 0. The van der Waals surface area contributed by atoms with E-state index in [1.54, 1.807) is 0 Å². The second-order valence-corrected chi connectivity index (χ2v) is 8.06. The maximum absolute atomic E-state index is 4.51. The average molecular weight is 370 g/mol. The van der Waals surface area contributed by atoms with E-state index in [9.17, 15) is 0 Å². The first-order valence-electron chi connectivity index (χ1n) is 10.4. The van der Waals surface area contributed by atoms with Crippen LogP contribution in [0.3, 0.4) is 0 Å². The van der Waals surface area contributed by atoms with Crippen LogP contribution in [-0.2, 0) is 6.54 Å². The second kappa shape index (κ2) is 7.86. The van der Waals surface area contributed by atoms with E-state index in [1.807, 2.05) is 12.3 Å². The van der Waals surface area contributed by atoms with E-state index in [0.717, 1.165) is 18.2 Å². The van der Waals surface area contributed by atoms with E-state index in [1.165, 1.54) is 30.6 Å². The Morgan fingerprint density at radius 2 is 1.57 bits per heavy atom. The van der Waals surface area contributed by atoms with Gasteiger partial charge in [0, 0.05) is 37.3 Å². The van der Waals surface area contributed by atoms with Crippen molar-refractivity contribution in [2.45, 2.75) is 31.0 Å². The molecule has 1 unspecified atom stereocenters. The van der Waals surface area contributed by atoms with Gasteiger partial charge in [-0.15, -0.1) is 0 Å². The normalized spacial score (nSPS) is 26.0. The summed E-state index contributed by atoms with van der Waals surface area (Å²) in [5.41, 5.74) is 3.95. The molecule has 2 bridgehead atoms. The number of nitrogens with zero attached hydrogens (tertiary/aromatic N) is 2. The van der Waals surface area contributed by atoms with Crippen LogP contribution in [-0.4, -0.2) is 35.1 Å². The molecule has 1 aromatic heterocycles. The van der Waals surface area contributed by atoms with Gasteiger partial charge in [-0.2, -0.15) is 0 Å². The molecule has 4 atom stereocenters. The Morgan fingerprint density at radius 1 is 0.893 bits per heavy atom. The zero-order valence-corrected chi connectivity index (χ0v) is 16.1. The van der Waals surface area contributed by atoms with Gasteiger partial charge in [0.05, 0.1) is 5.69 Å². The van der Waals surface area contributed by atoms with E-state index < -0.39 is 0 Å². The highest BCUT2D eigenvalue weighted by Gasteiger charge is 2.49. The van der Waals surface area contributed by atoms with E-state index in [4.69, 9.17) is 0 Å². The molecule has 28 heavy (non-hydrogen) atoms. The molecule has 3 aromatic rings. The number of pyridine rings is 1. The van der Waals surface area contributed by atoms with E-state index >= 15 is 0 Å². The maximum Gasteiger partial charge on any atom is 0.0541 e. The first-order valence-corrected chi connectivity index (χ1v) is 10.4. The fourth-order valence-electron chi connectivity index (χ4n) is 5.22. The van der Waals surface area contributed by atoms with Crippen molar-refractivity contribution in [1.82, 2.24) is 15.2 Å². The Kier molecular flexibility index (Phi) is 4.94. The van der Waals surface area contributed by atoms with Crippen molar-refractivity contribution in [1.29, 1.82) is 0 Å². The third kappa shape index (κ3) is 3.36. The molecule has 0 spiro atoms. The zero-order chi connectivity index (χ0) is 18.8. The number of benzene rings is 2. The lowest BCUT2D eigenvalue weighted by atomic mass is 9.78. The van der Waals surface area contributed by atoms with Crippen LogP contribution in [0.4, 0.5) is 0 Å². The Hall–Kier alpha value is -2.49. The Labute approximate surface area is 167 Å². The highest BCUT2D eigenvalue weighted by molar-refractivity contribution is 5.36. The SMILES string of the molecule is c1ccc(C(c2ccccc2)[C@H]2[C@@H](NCc3ccccn3)[C@H]3CCN2C3)cc1. The summed E-state index contributed by atoms with van der Waals surface area (Å²) in [6.07, 6.45) is 3.18. The summed E-state index contributed by atoms with van der Waals surface area (Å²) in [5.74, 6) is 1.11.